The fourth-order valence-corrected chi connectivity index (χ4v) is 4.74. The van der Waals surface area contributed by atoms with Crippen LogP contribution in [0.4, 0.5) is 0 Å². The zero-order chi connectivity index (χ0) is 28.7. The van der Waals surface area contributed by atoms with Gasteiger partial charge >= 0.3 is 0 Å². The molecule has 3 aromatic carbocycles. The lowest BCUT2D eigenvalue weighted by molar-refractivity contribution is -0.118. The molecule has 9 nitrogen and oxygen atoms in total. The van der Waals surface area contributed by atoms with Crippen molar-refractivity contribution in [2.45, 2.75) is 31.3 Å². The van der Waals surface area contributed by atoms with E-state index in [0.717, 1.165) is 11.3 Å². The van der Waals surface area contributed by atoms with E-state index in [0.29, 0.717) is 33.8 Å². The number of hydrogen-bond donors (Lipinski definition) is 1. The van der Waals surface area contributed by atoms with Crippen LogP contribution in [-0.2, 0) is 10.2 Å². The van der Waals surface area contributed by atoms with Crippen molar-refractivity contribution < 1.29 is 19.0 Å². The predicted octanol–water partition coefficient (Wildman–Crippen LogP) is 5.50. The van der Waals surface area contributed by atoms with Crippen LogP contribution in [-0.4, -0.2) is 54.0 Å². The third-order valence-electron chi connectivity index (χ3n) is 6.08. The van der Waals surface area contributed by atoms with Gasteiger partial charge in [-0.15, -0.1) is 10.2 Å². The molecular formula is C30H33N5O4S. The van der Waals surface area contributed by atoms with Crippen LogP contribution in [0.15, 0.2) is 77.0 Å². The fourth-order valence-electron chi connectivity index (χ4n) is 4.00. The SMILES string of the molecule is COc1cc(/C=N\NC(=O)CSc2nnc(-c3ccc(C(C)(C)C)cc3)n2-c2ccccc2)cc(OC)c1OC. The summed E-state index contributed by atoms with van der Waals surface area (Å²) in [5.41, 5.74) is 6.37. The fraction of sp³-hybridized carbons (Fsp3) is 0.267. The molecule has 0 bridgehead atoms. The summed E-state index contributed by atoms with van der Waals surface area (Å²) in [6, 6.07) is 21.7. The Hall–Kier alpha value is -4.31. The lowest BCUT2D eigenvalue weighted by atomic mass is 9.87. The van der Waals surface area contributed by atoms with Gasteiger partial charge in [-0.1, -0.05) is 75.0 Å². The summed E-state index contributed by atoms with van der Waals surface area (Å²) in [7, 11) is 4.62. The highest BCUT2D eigenvalue weighted by Crippen LogP contribution is 2.37. The molecule has 0 spiro atoms. The van der Waals surface area contributed by atoms with Crippen LogP contribution in [0.25, 0.3) is 17.1 Å². The number of amides is 1. The summed E-state index contributed by atoms with van der Waals surface area (Å²) >= 11 is 1.28. The number of nitrogens with zero attached hydrogens (tertiary/aromatic N) is 4. The third kappa shape index (κ3) is 6.63. The van der Waals surface area contributed by atoms with Crippen molar-refractivity contribution in [3.63, 3.8) is 0 Å². The van der Waals surface area contributed by atoms with Gasteiger partial charge in [-0.3, -0.25) is 9.36 Å². The van der Waals surface area contributed by atoms with Gasteiger partial charge < -0.3 is 14.2 Å². The summed E-state index contributed by atoms with van der Waals surface area (Å²) in [4.78, 5) is 12.6. The number of benzene rings is 3. The van der Waals surface area contributed by atoms with Crippen LogP contribution in [0, 0.1) is 0 Å². The van der Waals surface area contributed by atoms with Gasteiger partial charge in [-0.2, -0.15) is 5.10 Å². The number of hydrogen-bond acceptors (Lipinski definition) is 8. The molecule has 0 saturated carbocycles. The normalized spacial score (nSPS) is 11.4. The van der Waals surface area contributed by atoms with Gasteiger partial charge in [0.1, 0.15) is 0 Å². The largest absolute Gasteiger partial charge is 0.493 e. The Balaban J connectivity index is 1.50. The van der Waals surface area contributed by atoms with Crippen LogP contribution < -0.4 is 19.6 Å². The zero-order valence-corrected chi connectivity index (χ0v) is 24.3. The molecule has 40 heavy (non-hydrogen) atoms. The Bertz CT molecular complexity index is 1450. The number of rotatable bonds is 10. The summed E-state index contributed by atoms with van der Waals surface area (Å²) in [6.07, 6.45) is 1.51. The maximum Gasteiger partial charge on any atom is 0.250 e. The van der Waals surface area contributed by atoms with Gasteiger partial charge in [-0.05, 0) is 35.2 Å². The molecule has 0 saturated heterocycles. The van der Waals surface area contributed by atoms with E-state index >= 15 is 0 Å². The van der Waals surface area contributed by atoms with E-state index in [1.54, 1.807) is 12.1 Å². The number of para-hydroxylation sites is 1. The van der Waals surface area contributed by atoms with E-state index < -0.39 is 0 Å². The molecule has 0 aliphatic carbocycles. The highest BCUT2D eigenvalue weighted by Gasteiger charge is 2.19. The van der Waals surface area contributed by atoms with Crippen LogP contribution in [0.2, 0.25) is 0 Å². The van der Waals surface area contributed by atoms with Crippen LogP contribution >= 0.6 is 11.8 Å². The Kier molecular flexibility index (Phi) is 9.11. The third-order valence-corrected chi connectivity index (χ3v) is 7.01. The molecule has 1 heterocycles. The average molecular weight is 560 g/mol. The molecule has 0 unspecified atom stereocenters. The van der Waals surface area contributed by atoms with Crippen LogP contribution in [0.1, 0.15) is 31.9 Å². The first kappa shape index (κ1) is 28.7. The number of nitrogens with one attached hydrogen (secondary N) is 1. The van der Waals surface area contributed by atoms with Gasteiger partial charge in [0.05, 0.1) is 33.3 Å². The summed E-state index contributed by atoms with van der Waals surface area (Å²) in [5.74, 6) is 1.99. The first-order valence-electron chi connectivity index (χ1n) is 12.6. The Morgan fingerprint density at radius 3 is 2.17 bits per heavy atom. The molecule has 0 atom stereocenters. The van der Waals surface area contributed by atoms with Gasteiger partial charge in [0.25, 0.3) is 5.91 Å². The summed E-state index contributed by atoms with van der Waals surface area (Å²) in [5, 5.41) is 13.6. The minimum atomic E-state index is -0.285. The number of hydrazone groups is 1. The van der Waals surface area contributed by atoms with Gasteiger partial charge in [0, 0.05) is 16.8 Å². The van der Waals surface area contributed by atoms with Crippen molar-refractivity contribution in [2.24, 2.45) is 5.10 Å². The molecule has 0 fully saturated rings. The summed E-state index contributed by atoms with van der Waals surface area (Å²) in [6.45, 7) is 6.55. The Morgan fingerprint density at radius 2 is 1.60 bits per heavy atom. The van der Waals surface area contributed by atoms with E-state index in [1.165, 1.54) is 44.9 Å². The molecule has 1 N–H and O–H groups in total. The highest BCUT2D eigenvalue weighted by molar-refractivity contribution is 7.99. The lowest BCUT2D eigenvalue weighted by Crippen LogP contribution is -2.20. The monoisotopic (exact) mass is 559 g/mol. The number of thioether (sulfide) groups is 1. The maximum absolute atomic E-state index is 12.6. The smallest absolute Gasteiger partial charge is 0.250 e. The number of carbonyl (C=O) groups excluding carboxylic acids is 1. The number of methoxy groups -OCH3 is 3. The Morgan fingerprint density at radius 1 is 0.950 bits per heavy atom. The van der Waals surface area contributed by atoms with E-state index in [-0.39, 0.29) is 17.1 Å². The standard InChI is InChI=1S/C30H33N5O4S/c1-30(2,3)22-14-12-21(13-15-22)28-33-34-29(35(28)23-10-8-7-9-11-23)40-19-26(36)32-31-18-20-16-24(37-4)27(39-6)25(17-20)38-5/h7-18H,19H2,1-6H3,(H,32,36)/b31-18-. The molecule has 1 amide bonds. The van der Waals surface area contributed by atoms with Crippen molar-refractivity contribution in [1.29, 1.82) is 0 Å². The number of ether oxygens (including phenoxy) is 3. The predicted molar refractivity (Wildman–Crippen MR) is 158 cm³/mol. The Labute approximate surface area is 238 Å². The molecule has 4 rings (SSSR count). The second kappa shape index (κ2) is 12.7. The van der Waals surface area contributed by atoms with Crippen molar-refractivity contribution >= 4 is 23.9 Å². The lowest BCUT2D eigenvalue weighted by Gasteiger charge is -2.19. The average Bonchev–Trinajstić information content (AvgIpc) is 3.39. The van der Waals surface area contributed by atoms with E-state index in [1.807, 2.05) is 34.9 Å². The van der Waals surface area contributed by atoms with Crippen molar-refractivity contribution in [3.8, 4) is 34.3 Å². The van der Waals surface area contributed by atoms with Gasteiger partial charge in [0.15, 0.2) is 22.5 Å². The minimum absolute atomic E-state index is 0.0496. The molecule has 0 radical (unpaired) electrons. The molecule has 1 aromatic heterocycles. The number of carbonyl (C=O) groups is 1. The van der Waals surface area contributed by atoms with E-state index in [4.69, 9.17) is 14.2 Å². The van der Waals surface area contributed by atoms with Gasteiger partial charge in [0.2, 0.25) is 5.75 Å². The molecule has 0 aliphatic rings. The molecule has 208 valence electrons. The molecule has 0 aliphatic heterocycles. The van der Waals surface area contributed by atoms with Crippen molar-refractivity contribution in [2.75, 3.05) is 27.1 Å². The molecule has 4 aromatic rings. The van der Waals surface area contributed by atoms with Crippen LogP contribution in [0.5, 0.6) is 17.2 Å². The zero-order valence-electron chi connectivity index (χ0n) is 23.5. The quantitative estimate of drug-likeness (QED) is 0.156. The van der Waals surface area contributed by atoms with Crippen molar-refractivity contribution in [1.82, 2.24) is 20.2 Å². The van der Waals surface area contributed by atoms with Gasteiger partial charge in [-0.25, -0.2) is 5.43 Å². The van der Waals surface area contributed by atoms with Crippen molar-refractivity contribution in [3.05, 3.63) is 77.9 Å². The topological polar surface area (TPSA) is 99.9 Å². The first-order valence-corrected chi connectivity index (χ1v) is 13.6. The second-order valence-corrected chi connectivity index (χ2v) is 10.8. The highest BCUT2D eigenvalue weighted by atomic mass is 32.2. The first-order chi connectivity index (χ1) is 19.2. The van der Waals surface area contributed by atoms with E-state index in [9.17, 15) is 4.79 Å². The van der Waals surface area contributed by atoms with Crippen LogP contribution in [0.3, 0.4) is 0 Å². The summed E-state index contributed by atoms with van der Waals surface area (Å²) < 4.78 is 18.0. The number of aromatic nitrogens is 3. The second-order valence-electron chi connectivity index (χ2n) is 9.85. The maximum atomic E-state index is 12.6. The minimum Gasteiger partial charge on any atom is -0.493 e. The molecule has 10 heteroatoms. The molecular weight excluding hydrogens is 526 g/mol. The van der Waals surface area contributed by atoms with E-state index in [2.05, 4.69) is 65.8 Å².